The Bertz CT molecular complexity index is 839. The maximum Gasteiger partial charge on any atom is 0.290 e. The van der Waals surface area contributed by atoms with E-state index < -0.39 is 5.60 Å². The lowest BCUT2D eigenvalue weighted by Crippen LogP contribution is -2.64. The third-order valence-electron chi connectivity index (χ3n) is 7.58. The average molecular weight is 481 g/mol. The molecule has 34 heavy (non-hydrogen) atoms. The topological polar surface area (TPSA) is 147 Å². The smallest absolute Gasteiger partial charge is 0.290 e. The van der Waals surface area contributed by atoms with Crippen LogP contribution in [0.1, 0.15) is 63.4 Å². The molecule has 192 valence electrons. The fourth-order valence-electron chi connectivity index (χ4n) is 6.88. The molecular formula is C24H40N4O6. The fraction of sp³-hybridized carbons (Fsp3) is 0.750. The number of hydrogen-bond acceptors (Lipinski definition) is 6. The lowest BCUT2D eigenvalue weighted by Gasteiger charge is -2.64. The quantitative estimate of drug-likeness (QED) is 0.434. The van der Waals surface area contributed by atoms with Crippen LogP contribution < -0.4 is 0 Å². The van der Waals surface area contributed by atoms with Crippen LogP contribution >= 0.6 is 0 Å². The minimum atomic E-state index is -0.636. The van der Waals surface area contributed by atoms with Crippen LogP contribution in [0.3, 0.4) is 0 Å². The highest BCUT2D eigenvalue weighted by Gasteiger charge is 2.65. The number of H-pyrrole nitrogens is 1. The van der Waals surface area contributed by atoms with Gasteiger partial charge in [-0.15, -0.1) is 0 Å². The maximum absolute atomic E-state index is 14.0. The number of nitrogens with zero attached hydrogens (tertiary/aromatic N) is 3. The third kappa shape index (κ3) is 6.35. The summed E-state index contributed by atoms with van der Waals surface area (Å²) in [4.78, 5) is 42.4. The number of imidazole rings is 1. The van der Waals surface area contributed by atoms with Crippen molar-refractivity contribution in [2.75, 3.05) is 27.2 Å². The van der Waals surface area contributed by atoms with Crippen LogP contribution in [0, 0.1) is 23.7 Å². The molecule has 4 saturated carbocycles. The van der Waals surface area contributed by atoms with E-state index in [1.807, 2.05) is 32.1 Å². The Morgan fingerprint density at radius 3 is 2.29 bits per heavy atom. The highest BCUT2D eigenvalue weighted by Crippen LogP contribution is 2.68. The Kier molecular flexibility index (Phi) is 9.24. The summed E-state index contributed by atoms with van der Waals surface area (Å²) >= 11 is 0. The molecule has 0 aliphatic heterocycles. The van der Waals surface area contributed by atoms with Crippen molar-refractivity contribution >= 4 is 18.9 Å². The zero-order valence-electron chi connectivity index (χ0n) is 20.8. The number of carbonyl (C=O) groups is 3. The van der Waals surface area contributed by atoms with E-state index in [4.69, 9.17) is 19.8 Å². The number of aromatic nitrogens is 2. The van der Waals surface area contributed by atoms with Gasteiger partial charge >= 0.3 is 0 Å². The number of aliphatic hydroxyl groups is 1. The van der Waals surface area contributed by atoms with Crippen molar-refractivity contribution < 1.29 is 29.7 Å². The molecule has 0 spiro atoms. The first-order chi connectivity index (χ1) is 16.0. The minimum absolute atomic E-state index is 0.154. The van der Waals surface area contributed by atoms with Crippen molar-refractivity contribution in [3.05, 3.63) is 17.7 Å². The highest BCUT2D eigenvalue weighted by atomic mass is 16.3. The van der Waals surface area contributed by atoms with Crippen LogP contribution in [0.2, 0.25) is 0 Å². The third-order valence-corrected chi connectivity index (χ3v) is 7.58. The van der Waals surface area contributed by atoms with Crippen LogP contribution in [0.5, 0.6) is 0 Å². The SMILES string of the molecule is CCC12CC3CC(O)(C1)CC(C(=O)N(CCN(C)C)Cc1cnc(C)[nH]1)(C3)C2.O=CO.O=CO. The molecule has 1 heterocycles. The first-order valence-electron chi connectivity index (χ1n) is 11.8. The van der Waals surface area contributed by atoms with E-state index in [1.165, 1.54) is 6.42 Å². The predicted octanol–water partition coefficient (Wildman–Crippen LogP) is 2.12. The average Bonchev–Trinajstić information content (AvgIpc) is 3.14. The van der Waals surface area contributed by atoms with Crippen LogP contribution in [-0.2, 0) is 20.9 Å². The standard InChI is InChI=1S/C22H36N4O2.2CH2O2/c1-5-20-8-17-9-21(13-20,15-22(28,10-17)14-20)19(27)26(7-6-25(3)4)12-18-11-23-16(2)24-18;2*2-1-3/h11,17,28H,5-10,12-15H2,1-4H3,(H,23,24);2*1H,(H,2,3). The van der Waals surface area contributed by atoms with Crippen molar-refractivity contribution in [3.8, 4) is 0 Å². The molecule has 4 fully saturated rings. The van der Waals surface area contributed by atoms with Gasteiger partial charge in [0.1, 0.15) is 5.82 Å². The van der Waals surface area contributed by atoms with E-state index in [2.05, 4.69) is 21.8 Å². The fourth-order valence-corrected chi connectivity index (χ4v) is 6.88. The number of likely N-dealkylation sites (N-methyl/N-ethyl adjacent to an activating group) is 1. The number of amides is 1. The van der Waals surface area contributed by atoms with Gasteiger partial charge < -0.3 is 30.1 Å². The van der Waals surface area contributed by atoms with Crippen molar-refractivity contribution in [1.82, 2.24) is 19.8 Å². The molecule has 4 aliphatic carbocycles. The van der Waals surface area contributed by atoms with Crippen LogP contribution in [0.15, 0.2) is 6.20 Å². The summed E-state index contributed by atoms with van der Waals surface area (Å²) in [6.07, 6.45) is 8.44. The molecule has 1 amide bonds. The molecular weight excluding hydrogens is 440 g/mol. The summed E-state index contributed by atoms with van der Waals surface area (Å²) in [5.74, 6) is 1.63. The number of carbonyl (C=O) groups excluding carboxylic acids is 1. The van der Waals surface area contributed by atoms with Gasteiger partial charge in [-0.3, -0.25) is 14.4 Å². The molecule has 0 aromatic carbocycles. The van der Waals surface area contributed by atoms with Gasteiger partial charge in [0.2, 0.25) is 5.91 Å². The van der Waals surface area contributed by atoms with Gasteiger partial charge in [-0.05, 0) is 70.9 Å². The van der Waals surface area contributed by atoms with E-state index in [0.29, 0.717) is 25.4 Å². The first-order valence-corrected chi connectivity index (χ1v) is 11.8. The van der Waals surface area contributed by atoms with E-state index in [9.17, 15) is 9.90 Å². The monoisotopic (exact) mass is 480 g/mol. The maximum atomic E-state index is 14.0. The highest BCUT2D eigenvalue weighted by molar-refractivity contribution is 5.83. The number of nitrogens with one attached hydrogen (secondary N) is 1. The van der Waals surface area contributed by atoms with Crippen molar-refractivity contribution in [1.29, 1.82) is 0 Å². The van der Waals surface area contributed by atoms with Crippen molar-refractivity contribution in [3.63, 3.8) is 0 Å². The summed E-state index contributed by atoms with van der Waals surface area (Å²) in [5.41, 5.74) is 0.119. The number of rotatable bonds is 7. The largest absolute Gasteiger partial charge is 0.483 e. The van der Waals surface area contributed by atoms with Crippen LogP contribution in [0.4, 0.5) is 0 Å². The van der Waals surface area contributed by atoms with Crippen molar-refractivity contribution in [2.45, 2.75) is 70.9 Å². The Morgan fingerprint density at radius 1 is 1.15 bits per heavy atom. The summed E-state index contributed by atoms with van der Waals surface area (Å²) < 4.78 is 0. The Hall–Kier alpha value is -2.46. The van der Waals surface area contributed by atoms with E-state index in [1.54, 1.807) is 0 Å². The molecule has 4 aliphatic rings. The number of carboxylic acid groups (broad SMARTS) is 2. The van der Waals surface area contributed by atoms with Gasteiger partial charge in [-0.1, -0.05) is 13.3 Å². The number of hydrogen-bond donors (Lipinski definition) is 4. The van der Waals surface area contributed by atoms with Gasteiger partial charge in [0.25, 0.3) is 12.9 Å². The molecule has 0 saturated heterocycles. The molecule has 1 aromatic heterocycles. The van der Waals surface area contributed by atoms with Gasteiger partial charge in [-0.2, -0.15) is 0 Å². The summed E-state index contributed by atoms with van der Waals surface area (Å²) in [6.45, 7) is 5.79. The molecule has 4 bridgehead atoms. The normalized spacial score (nSPS) is 30.6. The van der Waals surface area contributed by atoms with Gasteiger partial charge in [0, 0.05) is 13.1 Å². The zero-order chi connectivity index (χ0) is 25.6. The predicted molar refractivity (Wildman–Crippen MR) is 126 cm³/mol. The first kappa shape index (κ1) is 27.8. The van der Waals surface area contributed by atoms with E-state index >= 15 is 0 Å². The van der Waals surface area contributed by atoms with Crippen LogP contribution in [-0.4, -0.2) is 86.7 Å². The van der Waals surface area contributed by atoms with Gasteiger partial charge in [0.05, 0.1) is 29.5 Å². The van der Waals surface area contributed by atoms with E-state index in [-0.39, 0.29) is 29.7 Å². The Labute approximate surface area is 201 Å². The second-order valence-corrected chi connectivity index (χ2v) is 10.6. The Morgan fingerprint density at radius 2 is 1.79 bits per heavy atom. The molecule has 4 atom stereocenters. The molecule has 0 radical (unpaired) electrons. The lowest BCUT2D eigenvalue weighted by molar-refractivity contribution is -0.210. The summed E-state index contributed by atoms with van der Waals surface area (Å²) in [6, 6.07) is 0. The molecule has 10 heteroatoms. The molecule has 10 nitrogen and oxygen atoms in total. The second kappa shape index (κ2) is 11.3. The summed E-state index contributed by atoms with van der Waals surface area (Å²) in [5, 5.41) is 25.1. The summed E-state index contributed by atoms with van der Waals surface area (Å²) in [7, 11) is 4.09. The lowest BCUT2D eigenvalue weighted by atomic mass is 9.42. The molecule has 4 N–H and O–H groups in total. The van der Waals surface area contributed by atoms with Gasteiger partial charge in [-0.25, -0.2) is 4.98 Å². The second-order valence-electron chi connectivity index (χ2n) is 10.6. The van der Waals surface area contributed by atoms with Crippen molar-refractivity contribution in [2.24, 2.45) is 16.7 Å². The van der Waals surface area contributed by atoms with E-state index in [0.717, 1.165) is 50.2 Å². The molecule has 1 aromatic rings. The number of aryl methyl sites for hydroxylation is 1. The zero-order valence-corrected chi connectivity index (χ0v) is 20.8. The number of aromatic amines is 1. The Balaban J connectivity index is 0.000000618. The van der Waals surface area contributed by atoms with Crippen LogP contribution in [0.25, 0.3) is 0 Å². The minimum Gasteiger partial charge on any atom is -0.483 e. The molecule has 4 unspecified atom stereocenters. The van der Waals surface area contributed by atoms with Gasteiger partial charge in [0.15, 0.2) is 0 Å². The molecule has 5 rings (SSSR count).